The predicted molar refractivity (Wildman–Crippen MR) is 123 cm³/mol. The Morgan fingerprint density at radius 2 is 0.677 bits per heavy atom. The van der Waals surface area contributed by atoms with Gasteiger partial charge in [0.25, 0.3) is 0 Å². The predicted octanol–water partition coefficient (Wildman–Crippen LogP) is 5.90. The number of hydrogen-bond acceptors (Lipinski definition) is 2. The van der Waals surface area contributed by atoms with Gasteiger partial charge in [-0.15, -0.1) is 0 Å². The van der Waals surface area contributed by atoms with Crippen molar-refractivity contribution in [2.75, 3.05) is 11.5 Å². The van der Waals surface area contributed by atoms with Crippen LogP contribution in [0.15, 0.2) is 84.9 Å². The standard InChI is InChI=1S/C27H24F2N2/c28-24-16-22(9-11-26(24)30)14-20-5-1-18(2-6-20)13-19-3-7-21(8-4-19)15-23-10-12-27(31)25(29)17-23/h1-12,16-17H,13-15,30-31H2. The van der Waals surface area contributed by atoms with Gasteiger partial charge < -0.3 is 11.5 Å². The largest absolute Gasteiger partial charge is 0.396 e. The number of anilines is 2. The zero-order chi connectivity index (χ0) is 21.8. The third-order valence-electron chi connectivity index (χ3n) is 5.40. The van der Waals surface area contributed by atoms with Gasteiger partial charge in [0.15, 0.2) is 0 Å². The first-order valence-corrected chi connectivity index (χ1v) is 10.2. The molecule has 156 valence electrons. The van der Waals surface area contributed by atoms with E-state index in [0.29, 0.717) is 12.8 Å². The van der Waals surface area contributed by atoms with E-state index in [-0.39, 0.29) is 23.0 Å². The van der Waals surface area contributed by atoms with Gasteiger partial charge in [-0.3, -0.25) is 0 Å². The highest BCUT2D eigenvalue weighted by Gasteiger charge is 2.04. The van der Waals surface area contributed by atoms with E-state index in [1.165, 1.54) is 23.3 Å². The van der Waals surface area contributed by atoms with Crippen LogP contribution in [0.2, 0.25) is 0 Å². The number of halogens is 2. The number of benzene rings is 4. The molecule has 0 amide bonds. The molecule has 0 bridgehead atoms. The van der Waals surface area contributed by atoms with E-state index in [1.807, 2.05) is 12.1 Å². The molecule has 0 fully saturated rings. The minimum atomic E-state index is -0.376. The minimum Gasteiger partial charge on any atom is -0.396 e. The second kappa shape index (κ2) is 9.00. The second-order valence-electron chi connectivity index (χ2n) is 7.88. The number of hydrogen-bond donors (Lipinski definition) is 2. The van der Waals surface area contributed by atoms with Crippen LogP contribution in [0.25, 0.3) is 0 Å². The zero-order valence-corrected chi connectivity index (χ0v) is 17.1. The molecule has 0 aliphatic carbocycles. The minimum absolute atomic E-state index is 0.172. The van der Waals surface area contributed by atoms with Crippen LogP contribution in [0.4, 0.5) is 20.2 Å². The molecule has 0 aliphatic heterocycles. The maximum absolute atomic E-state index is 13.6. The fourth-order valence-corrected chi connectivity index (χ4v) is 3.62. The van der Waals surface area contributed by atoms with Crippen LogP contribution in [0.5, 0.6) is 0 Å². The molecule has 4 aromatic carbocycles. The molecule has 4 N–H and O–H groups in total. The van der Waals surface area contributed by atoms with Gasteiger partial charge in [0.1, 0.15) is 11.6 Å². The molecule has 4 aromatic rings. The molecule has 4 rings (SSSR count). The molecule has 31 heavy (non-hydrogen) atoms. The number of nitrogen functional groups attached to an aromatic ring is 2. The van der Waals surface area contributed by atoms with Gasteiger partial charge in [-0.05, 0) is 76.9 Å². The third kappa shape index (κ3) is 5.28. The summed E-state index contributed by atoms with van der Waals surface area (Å²) in [6.07, 6.45) is 2.16. The lowest BCUT2D eigenvalue weighted by atomic mass is 9.98. The van der Waals surface area contributed by atoms with Gasteiger partial charge in [0, 0.05) is 0 Å². The molecule has 0 heterocycles. The quantitative estimate of drug-likeness (QED) is 0.386. The van der Waals surface area contributed by atoms with E-state index in [4.69, 9.17) is 11.5 Å². The molecule has 0 aliphatic rings. The average molecular weight is 414 g/mol. The van der Waals surface area contributed by atoms with E-state index in [9.17, 15) is 8.78 Å². The van der Waals surface area contributed by atoms with Crippen molar-refractivity contribution in [3.05, 3.63) is 130 Å². The SMILES string of the molecule is Nc1ccc(Cc2ccc(Cc3ccc(Cc4ccc(N)c(F)c4)cc3)cc2)cc1F. The highest BCUT2D eigenvalue weighted by atomic mass is 19.1. The van der Waals surface area contributed by atoms with Crippen LogP contribution in [0.3, 0.4) is 0 Å². The van der Waals surface area contributed by atoms with Crippen molar-refractivity contribution in [3.8, 4) is 0 Å². The first kappa shape index (κ1) is 20.6. The van der Waals surface area contributed by atoms with Gasteiger partial charge in [-0.25, -0.2) is 8.78 Å². The topological polar surface area (TPSA) is 52.0 Å². The smallest absolute Gasteiger partial charge is 0.146 e. The van der Waals surface area contributed by atoms with Crippen LogP contribution in [-0.2, 0) is 19.3 Å². The van der Waals surface area contributed by atoms with E-state index in [2.05, 4.69) is 48.5 Å². The van der Waals surface area contributed by atoms with Gasteiger partial charge in [0.2, 0.25) is 0 Å². The molecule has 0 spiro atoms. The van der Waals surface area contributed by atoms with E-state index in [0.717, 1.165) is 28.7 Å². The van der Waals surface area contributed by atoms with Crippen LogP contribution < -0.4 is 11.5 Å². The van der Waals surface area contributed by atoms with Crippen molar-refractivity contribution < 1.29 is 8.78 Å². The Labute approximate surface area is 181 Å². The van der Waals surface area contributed by atoms with Crippen LogP contribution in [-0.4, -0.2) is 0 Å². The lowest BCUT2D eigenvalue weighted by Crippen LogP contribution is -1.95. The van der Waals surface area contributed by atoms with E-state index in [1.54, 1.807) is 12.1 Å². The summed E-state index contributed by atoms with van der Waals surface area (Å²) < 4.78 is 27.3. The summed E-state index contributed by atoms with van der Waals surface area (Å²) in [4.78, 5) is 0. The second-order valence-corrected chi connectivity index (χ2v) is 7.88. The first-order chi connectivity index (χ1) is 15.0. The summed E-state index contributed by atoms with van der Waals surface area (Å²) in [6.45, 7) is 0. The van der Waals surface area contributed by atoms with Gasteiger partial charge >= 0.3 is 0 Å². The molecule has 4 heteroatoms. The Morgan fingerprint density at radius 3 is 0.968 bits per heavy atom. The lowest BCUT2D eigenvalue weighted by Gasteiger charge is -2.08. The molecule has 0 unspecified atom stereocenters. The van der Waals surface area contributed by atoms with Crippen LogP contribution >= 0.6 is 0 Å². The summed E-state index contributed by atoms with van der Waals surface area (Å²) in [6, 6.07) is 26.6. The van der Waals surface area contributed by atoms with Gasteiger partial charge in [0.05, 0.1) is 11.4 Å². The van der Waals surface area contributed by atoms with Crippen LogP contribution in [0, 0.1) is 11.6 Å². The summed E-state index contributed by atoms with van der Waals surface area (Å²) in [5, 5.41) is 0. The van der Waals surface area contributed by atoms with Crippen molar-refractivity contribution in [2.45, 2.75) is 19.3 Å². The molecule has 0 saturated heterocycles. The molecule has 0 aromatic heterocycles. The summed E-state index contributed by atoms with van der Waals surface area (Å²) in [7, 11) is 0. The summed E-state index contributed by atoms with van der Waals surface area (Å²) in [5.74, 6) is -0.752. The van der Waals surface area contributed by atoms with Gasteiger partial charge in [-0.1, -0.05) is 60.7 Å². The van der Waals surface area contributed by atoms with Crippen molar-refractivity contribution in [1.29, 1.82) is 0 Å². The maximum atomic E-state index is 13.6. The monoisotopic (exact) mass is 414 g/mol. The molecule has 0 atom stereocenters. The Balaban J connectivity index is 1.37. The van der Waals surface area contributed by atoms with Crippen molar-refractivity contribution in [1.82, 2.24) is 0 Å². The van der Waals surface area contributed by atoms with Crippen molar-refractivity contribution >= 4 is 11.4 Å². The molecule has 0 radical (unpaired) electrons. The zero-order valence-electron chi connectivity index (χ0n) is 17.1. The Morgan fingerprint density at radius 1 is 0.419 bits per heavy atom. The molecule has 0 saturated carbocycles. The average Bonchev–Trinajstić information content (AvgIpc) is 2.76. The maximum Gasteiger partial charge on any atom is 0.146 e. The Bertz CT molecular complexity index is 1090. The molecular formula is C27H24F2N2. The van der Waals surface area contributed by atoms with Gasteiger partial charge in [-0.2, -0.15) is 0 Å². The normalized spacial score (nSPS) is 10.9. The Hall–Kier alpha value is -3.66. The summed E-state index contributed by atoms with van der Waals surface area (Å²) >= 11 is 0. The molecule has 2 nitrogen and oxygen atoms in total. The van der Waals surface area contributed by atoms with E-state index >= 15 is 0 Å². The fraction of sp³-hybridized carbons (Fsp3) is 0.111. The lowest BCUT2D eigenvalue weighted by molar-refractivity contribution is 0.630. The van der Waals surface area contributed by atoms with Crippen LogP contribution in [0.1, 0.15) is 33.4 Å². The highest BCUT2D eigenvalue weighted by Crippen LogP contribution is 2.19. The van der Waals surface area contributed by atoms with Crippen molar-refractivity contribution in [2.24, 2.45) is 0 Å². The summed E-state index contributed by atoms with van der Waals surface area (Å²) in [5.41, 5.74) is 17.9. The highest BCUT2D eigenvalue weighted by molar-refractivity contribution is 5.44. The fourth-order valence-electron chi connectivity index (χ4n) is 3.62. The van der Waals surface area contributed by atoms with Crippen molar-refractivity contribution in [3.63, 3.8) is 0 Å². The molecular weight excluding hydrogens is 390 g/mol. The number of nitrogens with two attached hydrogens (primary N) is 2. The first-order valence-electron chi connectivity index (χ1n) is 10.2. The number of rotatable bonds is 6. The Kier molecular flexibility index (Phi) is 5.99. The third-order valence-corrected chi connectivity index (χ3v) is 5.40. The van der Waals surface area contributed by atoms with E-state index < -0.39 is 0 Å².